The fourth-order valence-corrected chi connectivity index (χ4v) is 3.37. The minimum absolute atomic E-state index is 0.230. The van der Waals surface area contributed by atoms with Crippen molar-refractivity contribution >= 4 is 17.3 Å². The number of ether oxygens (including phenoxy) is 3. The SMILES string of the molecule is COc1cc(C(=O)Nc2ccc(N3CCCC3)cc2C)cc(OC)c1OC. The largest absolute Gasteiger partial charge is 0.493 e. The molecule has 1 fully saturated rings. The number of carbonyl (C=O) groups is 1. The van der Waals surface area contributed by atoms with Gasteiger partial charge in [-0.05, 0) is 55.7 Å². The van der Waals surface area contributed by atoms with Crippen LogP contribution >= 0.6 is 0 Å². The summed E-state index contributed by atoms with van der Waals surface area (Å²) in [6.07, 6.45) is 2.47. The van der Waals surface area contributed by atoms with Crippen molar-refractivity contribution in [3.63, 3.8) is 0 Å². The van der Waals surface area contributed by atoms with E-state index in [4.69, 9.17) is 14.2 Å². The first-order chi connectivity index (χ1) is 13.1. The predicted molar refractivity (Wildman–Crippen MR) is 107 cm³/mol. The molecule has 6 heteroatoms. The fraction of sp³-hybridized carbons (Fsp3) is 0.381. The second-order valence-electron chi connectivity index (χ2n) is 6.56. The molecule has 144 valence electrons. The van der Waals surface area contributed by atoms with Crippen LogP contribution in [0.25, 0.3) is 0 Å². The van der Waals surface area contributed by atoms with Crippen LogP contribution in [0.5, 0.6) is 17.2 Å². The Balaban J connectivity index is 1.82. The Morgan fingerprint density at radius 3 is 2.11 bits per heavy atom. The van der Waals surface area contributed by atoms with Crippen molar-refractivity contribution in [1.82, 2.24) is 0 Å². The average Bonchev–Trinajstić information content (AvgIpc) is 3.22. The Hall–Kier alpha value is -2.89. The first-order valence-corrected chi connectivity index (χ1v) is 9.04. The molecule has 3 rings (SSSR count). The zero-order valence-corrected chi connectivity index (χ0v) is 16.3. The molecule has 2 aromatic rings. The molecule has 0 bridgehead atoms. The lowest BCUT2D eigenvalue weighted by molar-refractivity contribution is 0.102. The number of nitrogens with one attached hydrogen (secondary N) is 1. The summed E-state index contributed by atoms with van der Waals surface area (Å²) in [7, 11) is 4.59. The van der Waals surface area contributed by atoms with E-state index in [1.165, 1.54) is 39.9 Å². The van der Waals surface area contributed by atoms with E-state index in [1.54, 1.807) is 12.1 Å². The molecule has 1 saturated heterocycles. The molecule has 0 radical (unpaired) electrons. The number of amides is 1. The van der Waals surface area contributed by atoms with Crippen LogP contribution in [0.2, 0.25) is 0 Å². The summed E-state index contributed by atoms with van der Waals surface area (Å²) in [4.78, 5) is 15.1. The molecular formula is C21H26N2O4. The smallest absolute Gasteiger partial charge is 0.255 e. The summed E-state index contributed by atoms with van der Waals surface area (Å²) < 4.78 is 16.0. The highest BCUT2D eigenvalue weighted by Gasteiger charge is 2.18. The van der Waals surface area contributed by atoms with Gasteiger partial charge < -0.3 is 24.4 Å². The molecule has 1 aliphatic heterocycles. The highest BCUT2D eigenvalue weighted by atomic mass is 16.5. The van der Waals surface area contributed by atoms with Gasteiger partial charge in [0.05, 0.1) is 21.3 Å². The summed E-state index contributed by atoms with van der Waals surface area (Å²) in [5, 5.41) is 2.98. The fourth-order valence-electron chi connectivity index (χ4n) is 3.37. The molecule has 27 heavy (non-hydrogen) atoms. The number of nitrogens with zero attached hydrogens (tertiary/aromatic N) is 1. The standard InChI is InChI=1S/C21H26N2O4/c1-14-11-16(23-9-5-6-10-23)7-8-17(14)22-21(24)15-12-18(25-2)20(27-4)19(13-15)26-3/h7-8,11-13H,5-6,9-10H2,1-4H3,(H,22,24). The predicted octanol–water partition coefficient (Wildman–Crippen LogP) is 3.87. The topological polar surface area (TPSA) is 60.0 Å². The number of anilines is 2. The van der Waals surface area contributed by atoms with Crippen LogP contribution in [0.1, 0.15) is 28.8 Å². The lowest BCUT2D eigenvalue weighted by Gasteiger charge is -2.19. The summed E-state index contributed by atoms with van der Waals surface area (Å²) >= 11 is 0. The second kappa shape index (κ2) is 8.20. The van der Waals surface area contributed by atoms with Crippen LogP contribution in [-0.2, 0) is 0 Å². The minimum Gasteiger partial charge on any atom is -0.493 e. The van der Waals surface area contributed by atoms with Crippen LogP contribution in [0.4, 0.5) is 11.4 Å². The molecule has 1 heterocycles. The Labute approximate surface area is 160 Å². The van der Waals surface area contributed by atoms with E-state index in [9.17, 15) is 4.79 Å². The Kier molecular flexibility index (Phi) is 5.74. The second-order valence-corrected chi connectivity index (χ2v) is 6.56. The van der Waals surface area contributed by atoms with Crippen molar-refractivity contribution in [2.24, 2.45) is 0 Å². The highest BCUT2D eigenvalue weighted by molar-refractivity contribution is 6.05. The minimum atomic E-state index is -0.230. The van der Waals surface area contributed by atoms with Crippen molar-refractivity contribution in [3.8, 4) is 17.2 Å². The van der Waals surface area contributed by atoms with Gasteiger partial charge in [-0.2, -0.15) is 0 Å². The van der Waals surface area contributed by atoms with Crippen LogP contribution in [0.15, 0.2) is 30.3 Å². The third-order valence-corrected chi connectivity index (χ3v) is 4.86. The molecule has 2 aromatic carbocycles. The highest BCUT2D eigenvalue weighted by Crippen LogP contribution is 2.38. The van der Waals surface area contributed by atoms with E-state index in [0.29, 0.717) is 22.8 Å². The van der Waals surface area contributed by atoms with Crippen LogP contribution in [-0.4, -0.2) is 40.3 Å². The Morgan fingerprint density at radius 1 is 0.963 bits per heavy atom. The maximum atomic E-state index is 12.8. The molecule has 0 saturated carbocycles. The number of rotatable bonds is 6. The molecule has 0 aromatic heterocycles. The maximum absolute atomic E-state index is 12.8. The van der Waals surface area contributed by atoms with Gasteiger partial charge in [0.15, 0.2) is 11.5 Å². The molecule has 0 aliphatic carbocycles. The molecule has 6 nitrogen and oxygen atoms in total. The number of carbonyl (C=O) groups excluding carboxylic acids is 1. The van der Waals surface area contributed by atoms with Crippen molar-refractivity contribution in [3.05, 3.63) is 41.5 Å². The third-order valence-electron chi connectivity index (χ3n) is 4.86. The first kappa shape index (κ1) is 18.9. The lowest BCUT2D eigenvalue weighted by Crippen LogP contribution is -2.18. The quantitative estimate of drug-likeness (QED) is 0.836. The maximum Gasteiger partial charge on any atom is 0.255 e. The van der Waals surface area contributed by atoms with Gasteiger partial charge in [0.25, 0.3) is 5.91 Å². The average molecular weight is 370 g/mol. The zero-order chi connectivity index (χ0) is 19.4. The number of benzene rings is 2. The Morgan fingerprint density at radius 2 is 1.59 bits per heavy atom. The number of hydrogen-bond donors (Lipinski definition) is 1. The summed E-state index contributed by atoms with van der Waals surface area (Å²) in [5.41, 5.74) is 3.46. The Bertz CT molecular complexity index is 804. The molecule has 1 amide bonds. The molecule has 0 atom stereocenters. The normalized spacial score (nSPS) is 13.4. The van der Waals surface area contributed by atoms with Crippen LogP contribution < -0.4 is 24.4 Å². The van der Waals surface area contributed by atoms with Crippen LogP contribution in [0, 0.1) is 6.92 Å². The van der Waals surface area contributed by atoms with Gasteiger partial charge in [-0.25, -0.2) is 0 Å². The van der Waals surface area contributed by atoms with E-state index in [-0.39, 0.29) is 5.91 Å². The zero-order valence-electron chi connectivity index (χ0n) is 16.3. The van der Waals surface area contributed by atoms with E-state index < -0.39 is 0 Å². The number of hydrogen-bond acceptors (Lipinski definition) is 5. The van der Waals surface area contributed by atoms with E-state index >= 15 is 0 Å². The van der Waals surface area contributed by atoms with Crippen LogP contribution in [0.3, 0.4) is 0 Å². The van der Waals surface area contributed by atoms with Gasteiger partial charge in [-0.1, -0.05) is 0 Å². The monoisotopic (exact) mass is 370 g/mol. The summed E-state index contributed by atoms with van der Waals surface area (Å²) in [6, 6.07) is 9.42. The van der Waals surface area contributed by atoms with Gasteiger partial charge in [0.2, 0.25) is 5.75 Å². The molecule has 0 spiro atoms. The summed E-state index contributed by atoms with van der Waals surface area (Å²) in [5.74, 6) is 1.13. The van der Waals surface area contributed by atoms with E-state index in [0.717, 1.165) is 24.3 Å². The number of aryl methyl sites for hydroxylation is 1. The van der Waals surface area contributed by atoms with E-state index in [1.807, 2.05) is 13.0 Å². The molecular weight excluding hydrogens is 344 g/mol. The van der Waals surface area contributed by atoms with Gasteiger partial charge >= 0.3 is 0 Å². The third kappa shape index (κ3) is 3.94. The molecule has 1 aliphatic rings. The van der Waals surface area contributed by atoms with E-state index in [2.05, 4.69) is 22.3 Å². The van der Waals surface area contributed by atoms with Gasteiger partial charge in [0, 0.05) is 30.0 Å². The van der Waals surface area contributed by atoms with Gasteiger partial charge in [0.1, 0.15) is 0 Å². The first-order valence-electron chi connectivity index (χ1n) is 9.04. The molecule has 0 unspecified atom stereocenters. The van der Waals surface area contributed by atoms with Crippen molar-refractivity contribution < 1.29 is 19.0 Å². The van der Waals surface area contributed by atoms with Crippen molar-refractivity contribution in [2.45, 2.75) is 19.8 Å². The van der Waals surface area contributed by atoms with Gasteiger partial charge in [-0.3, -0.25) is 4.79 Å². The molecule has 1 N–H and O–H groups in total. The van der Waals surface area contributed by atoms with Gasteiger partial charge in [-0.15, -0.1) is 0 Å². The lowest BCUT2D eigenvalue weighted by atomic mass is 10.1. The number of methoxy groups -OCH3 is 3. The summed E-state index contributed by atoms with van der Waals surface area (Å²) in [6.45, 7) is 4.19. The van der Waals surface area contributed by atoms with Crippen molar-refractivity contribution in [1.29, 1.82) is 0 Å². The van der Waals surface area contributed by atoms with Crippen molar-refractivity contribution in [2.75, 3.05) is 44.6 Å².